The third kappa shape index (κ3) is 3.59. The lowest BCUT2D eigenvalue weighted by molar-refractivity contribution is -0.139. The first-order valence-corrected chi connectivity index (χ1v) is 12.2. The number of carbonyl (C=O) groups is 6. The van der Waals surface area contributed by atoms with Crippen LogP contribution in [0, 0.1) is 29.6 Å². The van der Waals surface area contributed by atoms with Crippen LogP contribution in [0.3, 0.4) is 0 Å². The van der Waals surface area contributed by atoms with Crippen molar-refractivity contribution < 1.29 is 52.8 Å². The highest BCUT2D eigenvalue weighted by atomic mass is 16.6. The topological polar surface area (TPSA) is 166 Å². The summed E-state index contributed by atoms with van der Waals surface area (Å²) in [7, 11) is 4.78. The van der Waals surface area contributed by atoms with Gasteiger partial charge in [-0.15, -0.1) is 0 Å². The van der Waals surface area contributed by atoms with Crippen molar-refractivity contribution in [1.29, 1.82) is 0 Å². The zero-order valence-corrected chi connectivity index (χ0v) is 21.5. The van der Waals surface area contributed by atoms with Crippen LogP contribution in [0.2, 0.25) is 0 Å². The van der Waals surface area contributed by atoms with Crippen LogP contribution in [-0.2, 0) is 28.7 Å². The molecule has 39 heavy (non-hydrogen) atoms. The minimum Gasteiger partial charge on any atom is -0.502 e. The summed E-state index contributed by atoms with van der Waals surface area (Å²) in [5, 5.41) is 10.5. The molecule has 2 aliphatic carbocycles. The lowest BCUT2D eigenvalue weighted by atomic mass is 9.57. The second-order valence-corrected chi connectivity index (χ2v) is 9.76. The Morgan fingerprint density at radius 1 is 0.769 bits per heavy atom. The van der Waals surface area contributed by atoms with E-state index in [9.17, 15) is 33.9 Å². The van der Waals surface area contributed by atoms with Crippen molar-refractivity contribution in [3.8, 4) is 17.2 Å². The lowest BCUT2D eigenvalue weighted by Crippen LogP contribution is -2.43. The van der Waals surface area contributed by atoms with Crippen molar-refractivity contribution in [2.24, 2.45) is 29.6 Å². The number of rotatable bonds is 3. The second kappa shape index (κ2) is 9.40. The fourth-order valence-corrected chi connectivity index (χ4v) is 6.60. The third-order valence-electron chi connectivity index (χ3n) is 8.22. The molecule has 0 bridgehead atoms. The van der Waals surface area contributed by atoms with Crippen LogP contribution in [0.25, 0.3) is 0 Å². The number of amides is 6. The molecule has 13 nitrogen and oxygen atoms in total. The van der Waals surface area contributed by atoms with Crippen LogP contribution in [-0.4, -0.2) is 79.2 Å². The van der Waals surface area contributed by atoms with Crippen molar-refractivity contribution in [2.45, 2.75) is 18.8 Å². The monoisotopic (exact) mass is 542 g/mol. The Bertz CT molecular complexity index is 1330. The van der Waals surface area contributed by atoms with Crippen molar-refractivity contribution >= 4 is 35.8 Å². The molecule has 206 valence electrons. The Labute approximate surface area is 222 Å². The molecule has 5 rings (SSSR count). The average molecular weight is 542 g/mol. The summed E-state index contributed by atoms with van der Waals surface area (Å²) in [6.07, 6.45) is -0.367. The Morgan fingerprint density at radius 2 is 1.28 bits per heavy atom. The third-order valence-corrected chi connectivity index (χ3v) is 8.22. The van der Waals surface area contributed by atoms with Crippen LogP contribution in [0.5, 0.6) is 17.2 Å². The molecule has 4 aliphatic rings. The molecule has 0 radical (unpaired) electrons. The van der Waals surface area contributed by atoms with Gasteiger partial charge in [0.25, 0.3) is 0 Å². The molecule has 1 N–H and O–H groups in total. The van der Waals surface area contributed by atoms with Crippen LogP contribution >= 0.6 is 0 Å². The number of ether oxygens (including phenoxy) is 4. The molecule has 0 aromatic heterocycles. The maximum absolute atomic E-state index is 13.6. The van der Waals surface area contributed by atoms with Gasteiger partial charge in [0.2, 0.25) is 29.4 Å². The van der Waals surface area contributed by atoms with Gasteiger partial charge in [-0.3, -0.25) is 19.2 Å². The Kier molecular flexibility index (Phi) is 6.31. The molecule has 13 heteroatoms. The molecule has 1 aromatic carbocycles. The van der Waals surface area contributed by atoms with E-state index < -0.39 is 71.3 Å². The predicted octanol–water partition coefficient (Wildman–Crippen LogP) is 1.58. The highest BCUT2D eigenvalue weighted by Crippen LogP contribution is 2.58. The predicted molar refractivity (Wildman–Crippen MR) is 127 cm³/mol. The number of benzene rings is 1. The summed E-state index contributed by atoms with van der Waals surface area (Å²) in [5.74, 6) is -8.61. The molecule has 1 saturated carbocycles. The largest absolute Gasteiger partial charge is 0.502 e. The van der Waals surface area contributed by atoms with E-state index >= 15 is 0 Å². The number of carbonyl (C=O) groups excluding carboxylic acids is 6. The van der Waals surface area contributed by atoms with Crippen LogP contribution in [0.1, 0.15) is 24.3 Å². The first-order chi connectivity index (χ1) is 18.6. The van der Waals surface area contributed by atoms with E-state index in [1.54, 1.807) is 6.08 Å². The highest BCUT2D eigenvalue weighted by molar-refractivity contribution is 6.17. The second-order valence-electron chi connectivity index (χ2n) is 9.76. The van der Waals surface area contributed by atoms with Crippen molar-refractivity contribution in [3.63, 3.8) is 0 Å². The van der Waals surface area contributed by atoms with E-state index in [-0.39, 0.29) is 30.1 Å². The molecule has 0 unspecified atom stereocenters. The molecule has 1 aromatic rings. The maximum atomic E-state index is 13.6. The summed E-state index contributed by atoms with van der Waals surface area (Å²) in [6, 6.07) is 2.99. The molecule has 2 heterocycles. The van der Waals surface area contributed by atoms with Gasteiger partial charge in [0.05, 0.1) is 52.1 Å². The summed E-state index contributed by atoms with van der Waals surface area (Å²) >= 11 is 0. The number of likely N-dealkylation sites (tertiary alicyclic amines) is 2. The summed E-state index contributed by atoms with van der Waals surface area (Å²) in [6.45, 7) is 0. The van der Waals surface area contributed by atoms with Gasteiger partial charge >= 0.3 is 12.2 Å². The number of imide groups is 6. The van der Waals surface area contributed by atoms with Crippen molar-refractivity contribution in [2.75, 3.05) is 28.4 Å². The van der Waals surface area contributed by atoms with Gasteiger partial charge < -0.3 is 24.1 Å². The fourth-order valence-electron chi connectivity index (χ4n) is 6.60. The van der Waals surface area contributed by atoms with Gasteiger partial charge in [0, 0.05) is 5.92 Å². The maximum Gasteiger partial charge on any atom is 0.423 e. The van der Waals surface area contributed by atoms with E-state index in [1.807, 2.05) is 0 Å². The molecule has 3 fully saturated rings. The quantitative estimate of drug-likeness (QED) is 0.435. The van der Waals surface area contributed by atoms with Crippen LogP contribution < -0.4 is 9.47 Å². The number of methoxy groups -OCH3 is 4. The van der Waals surface area contributed by atoms with Crippen molar-refractivity contribution in [3.05, 3.63) is 29.3 Å². The minimum atomic E-state index is -1.13. The molecule has 0 spiro atoms. The number of aromatic hydroxyl groups is 1. The smallest absolute Gasteiger partial charge is 0.423 e. The molecule has 2 saturated heterocycles. The van der Waals surface area contributed by atoms with Crippen molar-refractivity contribution in [1.82, 2.24) is 9.80 Å². The standard InChI is InChI=1S/C26H26N2O11/c1-36-15-7-10(8-16(37-2)20(15)29)17-11-5-6-12-18(23(32)27(21(12)30)25(34)38-3)13(11)9-14-19(17)24(33)28(22(14)31)26(35)39-4/h5,7-8,12-14,17-19,29H,6,9H2,1-4H3/t12-,13+,14+,17-,18-,19+/m0/s1. The molecular formula is C26H26N2O11. The lowest BCUT2D eigenvalue weighted by Gasteiger charge is -2.44. The summed E-state index contributed by atoms with van der Waals surface area (Å²) in [4.78, 5) is 79.1. The normalized spacial score (nSPS) is 29.4. The molecule has 6 atom stereocenters. The molecule has 6 amide bonds. The highest BCUT2D eigenvalue weighted by Gasteiger charge is 2.63. The minimum absolute atomic E-state index is 0.00732. The number of fused-ring (bicyclic) bond motifs is 4. The van der Waals surface area contributed by atoms with Crippen LogP contribution in [0.15, 0.2) is 23.8 Å². The van der Waals surface area contributed by atoms with Gasteiger partial charge in [0.1, 0.15) is 0 Å². The molecule has 2 aliphatic heterocycles. The Morgan fingerprint density at radius 3 is 1.79 bits per heavy atom. The number of allylic oxidation sites excluding steroid dienone is 2. The summed E-state index contributed by atoms with van der Waals surface area (Å²) in [5.41, 5.74) is 1.04. The number of hydrogen-bond donors (Lipinski definition) is 1. The van der Waals surface area contributed by atoms with E-state index in [4.69, 9.17) is 9.47 Å². The van der Waals surface area contributed by atoms with E-state index in [1.165, 1.54) is 26.4 Å². The number of phenols is 1. The van der Waals surface area contributed by atoms with E-state index in [0.717, 1.165) is 14.2 Å². The average Bonchev–Trinajstić information content (AvgIpc) is 3.35. The number of hydrogen-bond acceptors (Lipinski definition) is 11. The van der Waals surface area contributed by atoms with Gasteiger partial charge in [-0.1, -0.05) is 11.6 Å². The number of nitrogens with zero attached hydrogens (tertiary/aromatic N) is 2. The zero-order valence-electron chi connectivity index (χ0n) is 21.5. The first-order valence-electron chi connectivity index (χ1n) is 12.2. The van der Waals surface area contributed by atoms with E-state index in [0.29, 0.717) is 20.9 Å². The zero-order chi connectivity index (χ0) is 28.3. The Balaban J connectivity index is 1.68. The van der Waals surface area contributed by atoms with Gasteiger partial charge in [-0.25, -0.2) is 9.59 Å². The van der Waals surface area contributed by atoms with Gasteiger partial charge in [0.15, 0.2) is 11.5 Å². The van der Waals surface area contributed by atoms with Crippen LogP contribution in [0.4, 0.5) is 9.59 Å². The molecular weight excluding hydrogens is 516 g/mol. The summed E-state index contributed by atoms with van der Waals surface area (Å²) < 4.78 is 19.9. The Hall–Kier alpha value is -4.42. The van der Waals surface area contributed by atoms with Gasteiger partial charge in [-0.2, -0.15) is 9.80 Å². The fraction of sp³-hybridized carbons (Fsp3) is 0.462. The first kappa shape index (κ1) is 26.2. The SMILES string of the molecule is COC(=O)N1C(=O)[C@H]2[C@H](CC=C3[C@H]2C[C@H]2C(=O)N(C(=O)OC)C(=O)[C@H]2[C@H]3c2cc(OC)c(O)c(OC)c2)C1=O. The number of phenolic OH excluding ortho intramolecular Hbond substituents is 1. The van der Waals surface area contributed by atoms with E-state index in [2.05, 4.69) is 9.47 Å². The van der Waals surface area contributed by atoms with Gasteiger partial charge in [-0.05, 0) is 36.5 Å².